The number of benzene rings is 1. The van der Waals surface area contributed by atoms with E-state index in [9.17, 15) is 5.11 Å². The highest BCUT2D eigenvalue weighted by atomic mass is 16.5. The molecule has 0 amide bonds. The lowest BCUT2D eigenvalue weighted by molar-refractivity contribution is 0.0901. The van der Waals surface area contributed by atoms with Crippen LogP contribution >= 0.6 is 0 Å². The minimum atomic E-state index is -0.607. The van der Waals surface area contributed by atoms with E-state index in [1.807, 2.05) is 45.9 Å². The number of nitrogens with one attached hydrogen (secondary N) is 1. The molecule has 1 aromatic carbocycles. The largest absolute Gasteiger partial charge is 0.490 e. The molecule has 0 fully saturated rings. The van der Waals surface area contributed by atoms with Gasteiger partial charge in [-0.25, -0.2) is 0 Å². The third-order valence-corrected chi connectivity index (χ3v) is 3.04. The van der Waals surface area contributed by atoms with Gasteiger partial charge in [0.1, 0.15) is 18.5 Å². The molecule has 0 radical (unpaired) electrons. The van der Waals surface area contributed by atoms with Gasteiger partial charge in [-0.15, -0.1) is 0 Å². The zero-order valence-electron chi connectivity index (χ0n) is 12.2. The van der Waals surface area contributed by atoms with Gasteiger partial charge in [0.2, 0.25) is 0 Å². The first-order valence-corrected chi connectivity index (χ1v) is 6.58. The second kappa shape index (κ2) is 6.89. The fourth-order valence-corrected chi connectivity index (χ4v) is 1.72. The second-order valence-corrected chi connectivity index (χ2v) is 5.61. The highest BCUT2D eigenvalue weighted by Crippen LogP contribution is 2.22. The summed E-state index contributed by atoms with van der Waals surface area (Å²) in [6.45, 7) is 8.39. The number of ether oxygens (including phenoxy) is 1. The molecule has 1 rings (SSSR count). The number of aryl methyl sites for hydroxylation is 2. The van der Waals surface area contributed by atoms with Gasteiger partial charge in [0.15, 0.2) is 0 Å². The van der Waals surface area contributed by atoms with Crippen LogP contribution in [0.4, 0.5) is 0 Å². The molecule has 0 heterocycles. The summed E-state index contributed by atoms with van der Waals surface area (Å²) in [5, 5.41) is 22.1. The van der Waals surface area contributed by atoms with Crippen molar-refractivity contribution < 1.29 is 14.9 Å². The first-order valence-electron chi connectivity index (χ1n) is 6.58. The van der Waals surface area contributed by atoms with Crippen molar-refractivity contribution in [3.8, 4) is 5.75 Å². The zero-order chi connectivity index (χ0) is 14.5. The Morgan fingerprint density at radius 1 is 1.26 bits per heavy atom. The van der Waals surface area contributed by atoms with E-state index in [1.165, 1.54) is 0 Å². The fraction of sp³-hybridized carbons (Fsp3) is 0.600. The Morgan fingerprint density at radius 3 is 2.37 bits per heavy atom. The predicted molar refractivity (Wildman–Crippen MR) is 76.6 cm³/mol. The molecule has 1 atom stereocenters. The molecule has 0 aliphatic rings. The number of aliphatic hydroxyl groups excluding tert-OH is 2. The van der Waals surface area contributed by atoms with Crippen LogP contribution in [0, 0.1) is 13.8 Å². The summed E-state index contributed by atoms with van der Waals surface area (Å²) >= 11 is 0. The molecule has 0 aliphatic heterocycles. The van der Waals surface area contributed by atoms with Gasteiger partial charge in [-0.2, -0.15) is 0 Å². The Hall–Kier alpha value is -1.10. The molecular weight excluding hydrogens is 242 g/mol. The van der Waals surface area contributed by atoms with Crippen LogP contribution in [0.15, 0.2) is 18.2 Å². The Balaban J connectivity index is 2.44. The summed E-state index contributed by atoms with van der Waals surface area (Å²) < 4.78 is 5.68. The minimum Gasteiger partial charge on any atom is -0.490 e. The molecule has 0 spiro atoms. The standard InChI is InChI=1S/C15H25NO3/c1-11-6-5-7-12(2)14(11)19-9-13(18)8-16-15(3,4)10-17/h5-7,13,16-18H,8-10H2,1-4H3. The van der Waals surface area contributed by atoms with Crippen LogP contribution in [0.3, 0.4) is 0 Å². The Morgan fingerprint density at radius 2 is 1.84 bits per heavy atom. The average Bonchev–Trinajstić information content (AvgIpc) is 2.36. The second-order valence-electron chi connectivity index (χ2n) is 5.61. The van der Waals surface area contributed by atoms with E-state index < -0.39 is 6.10 Å². The van der Waals surface area contributed by atoms with Crippen molar-refractivity contribution in [2.75, 3.05) is 19.8 Å². The molecule has 0 aromatic heterocycles. The molecule has 0 aliphatic carbocycles. The van der Waals surface area contributed by atoms with Crippen LogP contribution in [0.2, 0.25) is 0 Å². The van der Waals surface area contributed by atoms with Crippen molar-refractivity contribution in [1.29, 1.82) is 0 Å². The molecule has 19 heavy (non-hydrogen) atoms. The molecule has 3 N–H and O–H groups in total. The van der Waals surface area contributed by atoms with Crippen molar-refractivity contribution in [1.82, 2.24) is 5.32 Å². The zero-order valence-corrected chi connectivity index (χ0v) is 12.2. The quantitative estimate of drug-likeness (QED) is 0.699. The maximum Gasteiger partial charge on any atom is 0.125 e. The first-order chi connectivity index (χ1) is 8.85. The van der Waals surface area contributed by atoms with Gasteiger partial charge in [0.05, 0.1) is 6.61 Å². The molecule has 1 aromatic rings. The number of para-hydroxylation sites is 1. The molecule has 108 valence electrons. The number of rotatable bonds is 7. The van der Waals surface area contributed by atoms with E-state index in [4.69, 9.17) is 9.84 Å². The molecule has 0 saturated carbocycles. The van der Waals surface area contributed by atoms with Crippen LogP contribution in [0.1, 0.15) is 25.0 Å². The van der Waals surface area contributed by atoms with Crippen molar-refractivity contribution in [2.45, 2.75) is 39.3 Å². The third-order valence-electron chi connectivity index (χ3n) is 3.04. The van der Waals surface area contributed by atoms with Crippen molar-refractivity contribution in [3.63, 3.8) is 0 Å². The molecule has 1 unspecified atom stereocenters. The van der Waals surface area contributed by atoms with Crippen LogP contribution in [0.5, 0.6) is 5.75 Å². The fourth-order valence-electron chi connectivity index (χ4n) is 1.72. The maximum absolute atomic E-state index is 9.88. The summed E-state index contributed by atoms with van der Waals surface area (Å²) in [4.78, 5) is 0. The SMILES string of the molecule is Cc1cccc(C)c1OCC(O)CNC(C)(C)CO. The van der Waals surface area contributed by atoms with E-state index in [-0.39, 0.29) is 18.8 Å². The minimum absolute atomic E-state index is 0.0253. The highest BCUT2D eigenvalue weighted by Gasteiger charge is 2.17. The monoisotopic (exact) mass is 267 g/mol. The van der Waals surface area contributed by atoms with Gasteiger partial charge >= 0.3 is 0 Å². The lowest BCUT2D eigenvalue weighted by atomic mass is 10.1. The van der Waals surface area contributed by atoms with Crippen molar-refractivity contribution in [3.05, 3.63) is 29.3 Å². The average molecular weight is 267 g/mol. The van der Waals surface area contributed by atoms with Crippen molar-refractivity contribution >= 4 is 0 Å². The predicted octanol–water partition coefficient (Wildman–Crippen LogP) is 1.40. The van der Waals surface area contributed by atoms with Gasteiger partial charge in [-0.1, -0.05) is 18.2 Å². The van der Waals surface area contributed by atoms with Gasteiger partial charge in [-0.3, -0.25) is 0 Å². The van der Waals surface area contributed by atoms with E-state index in [1.54, 1.807) is 0 Å². The molecule has 4 heteroatoms. The summed E-state index contributed by atoms with van der Waals surface area (Å²) in [6.07, 6.45) is -0.607. The Bertz CT molecular complexity index is 384. The van der Waals surface area contributed by atoms with E-state index >= 15 is 0 Å². The van der Waals surface area contributed by atoms with Crippen LogP contribution in [0.25, 0.3) is 0 Å². The van der Waals surface area contributed by atoms with E-state index in [2.05, 4.69) is 5.32 Å². The molecular formula is C15H25NO3. The van der Waals surface area contributed by atoms with Gasteiger partial charge in [0.25, 0.3) is 0 Å². The lowest BCUT2D eigenvalue weighted by Gasteiger charge is -2.25. The topological polar surface area (TPSA) is 61.7 Å². The van der Waals surface area contributed by atoms with E-state index in [0.29, 0.717) is 6.54 Å². The van der Waals surface area contributed by atoms with Crippen LogP contribution < -0.4 is 10.1 Å². The number of aliphatic hydroxyl groups is 2. The maximum atomic E-state index is 9.88. The van der Waals surface area contributed by atoms with Gasteiger partial charge in [0, 0.05) is 12.1 Å². The third kappa shape index (κ3) is 5.19. The van der Waals surface area contributed by atoms with Crippen LogP contribution in [-0.2, 0) is 0 Å². The summed E-state index contributed by atoms with van der Waals surface area (Å²) in [6, 6.07) is 5.96. The lowest BCUT2D eigenvalue weighted by Crippen LogP contribution is -2.47. The first kappa shape index (κ1) is 16.0. The number of β-amino-alcohol motifs (C(OH)–C–C–N with tert-alkyl or cyclic N) is 1. The summed E-state index contributed by atoms with van der Waals surface area (Å²) in [5.41, 5.74) is 1.74. The van der Waals surface area contributed by atoms with E-state index in [0.717, 1.165) is 16.9 Å². The smallest absolute Gasteiger partial charge is 0.125 e. The normalized spacial score (nSPS) is 13.4. The molecule has 0 saturated heterocycles. The Labute approximate surface area is 115 Å². The Kier molecular flexibility index (Phi) is 5.79. The molecule has 0 bridgehead atoms. The van der Waals surface area contributed by atoms with Crippen molar-refractivity contribution in [2.24, 2.45) is 0 Å². The molecule has 4 nitrogen and oxygen atoms in total. The highest BCUT2D eigenvalue weighted by molar-refractivity contribution is 5.39. The van der Waals surface area contributed by atoms with Crippen LogP contribution in [-0.4, -0.2) is 41.6 Å². The number of hydrogen-bond acceptors (Lipinski definition) is 4. The number of hydrogen-bond donors (Lipinski definition) is 3. The summed E-state index contributed by atoms with van der Waals surface area (Å²) in [7, 11) is 0. The van der Waals surface area contributed by atoms with Gasteiger partial charge < -0.3 is 20.3 Å². The van der Waals surface area contributed by atoms with Gasteiger partial charge in [-0.05, 0) is 38.8 Å². The summed E-state index contributed by atoms with van der Waals surface area (Å²) in [5.74, 6) is 0.836.